The molecule has 2 aromatic rings. The van der Waals surface area contributed by atoms with Crippen molar-refractivity contribution in [2.24, 2.45) is 0 Å². The van der Waals surface area contributed by atoms with Gasteiger partial charge in [0, 0.05) is 11.6 Å². The Bertz CT molecular complexity index is 944. The van der Waals surface area contributed by atoms with E-state index in [4.69, 9.17) is 16.3 Å². The fraction of sp³-hybridized carbons (Fsp3) is 0.429. The van der Waals surface area contributed by atoms with Crippen molar-refractivity contribution in [3.05, 3.63) is 51.4 Å². The lowest BCUT2D eigenvalue weighted by molar-refractivity contribution is -0.132. The summed E-state index contributed by atoms with van der Waals surface area (Å²) in [7, 11) is 0. The Morgan fingerprint density at radius 3 is 2.63 bits per heavy atom. The molecular weight excluding hydrogens is 431 g/mol. The van der Waals surface area contributed by atoms with Crippen LogP contribution in [0.5, 0.6) is 5.75 Å². The van der Waals surface area contributed by atoms with E-state index in [9.17, 15) is 19.1 Å². The first kappa shape index (κ1) is 21.1. The third-order valence-corrected chi connectivity index (χ3v) is 7.27. The molecule has 160 valence electrons. The monoisotopic (exact) mass is 452 g/mol. The smallest absolute Gasteiger partial charge is 0.261 e. The molecule has 5 rings (SSSR count). The number of amides is 2. The van der Waals surface area contributed by atoms with E-state index in [-0.39, 0.29) is 29.2 Å². The van der Waals surface area contributed by atoms with Crippen LogP contribution in [0.25, 0.3) is 0 Å². The molecule has 3 N–H and O–H groups in total. The minimum Gasteiger partial charge on any atom is -0.484 e. The second kappa shape index (κ2) is 8.17. The summed E-state index contributed by atoms with van der Waals surface area (Å²) < 4.78 is 18.8. The summed E-state index contributed by atoms with van der Waals surface area (Å²) >= 11 is 7.02. The molecule has 2 amide bonds. The Hall–Kier alpha value is -2.16. The van der Waals surface area contributed by atoms with Crippen LogP contribution in [0.1, 0.15) is 41.8 Å². The zero-order valence-electron chi connectivity index (χ0n) is 16.1. The number of halogens is 2. The van der Waals surface area contributed by atoms with Crippen molar-refractivity contribution in [2.75, 3.05) is 6.61 Å². The van der Waals surface area contributed by atoms with E-state index in [0.717, 1.165) is 6.07 Å². The first-order valence-corrected chi connectivity index (χ1v) is 11.0. The Morgan fingerprint density at radius 2 is 2.00 bits per heavy atom. The van der Waals surface area contributed by atoms with E-state index in [1.54, 1.807) is 6.07 Å². The Morgan fingerprint density at radius 1 is 1.23 bits per heavy atom. The predicted octanol–water partition coefficient (Wildman–Crippen LogP) is 3.28. The molecule has 6 nitrogen and oxygen atoms in total. The second-order valence-electron chi connectivity index (χ2n) is 8.00. The lowest BCUT2D eigenvalue weighted by Gasteiger charge is -2.56. The van der Waals surface area contributed by atoms with E-state index >= 15 is 0 Å². The maximum absolute atomic E-state index is 13.5. The minimum absolute atomic E-state index is 0.0205. The number of thiophene rings is 1. The van der Waals surface area contributed by atoms with Crippen LogP contribution in [0.2, 0.25) is 5.02 Å². The molecule has 3 aliphatic rings. The lowest BCUT2D eigenvalue weighted by atomic mass is 9.60. The molecule has 0 radical (unpaired) electrons. The first-order valence-electron chi connectivity index (χ1n) is 9.74. The average molecular weight is 453 g/mol. The van der Waals surface area contributed by atoms with Crippen molar-refractivity contribution in [2.45, 2.75) is 49.3 Å². The number of carbonyl (C=O) groups excluding carboxylic acids is 2. The maximum atomic E-state index is 13.5. The van der Waals surface area contributed by atoms with Crippen molar-refractivity contribution in [1.82, 2.24) is 10.6 Å². The summed E-state index contributed by atoms with van der Waals surface area (Å²) in [4.78, 5) is 25.6. The van der Waals surface area contributed by atoms with Crippen molar-refractivity contribution in [3.63, 3.8) is 0 Å². The van der Waals surface area contributed by atoms with Gasteiger partial charge in [0.1, 0.15) is 11.6 Å². The van der Waals surface area contributed by atoms with E-state index < -0.39 is 23.0 Å². The van der Waals surface area contributed by atoms with Crippen LogP contribution in [-0.4, -0.2) is 40.7 Å². The van der Waals surface area contributed by atoms with Gasteiger partial charge in [-0.05, 0) is 55.7 Å². The van der Waals surface area contributed by atoms with Crippen LogP contribution >= 0.6 is 22.9 Å². The molecule has 0 saturated heterocycles. The third kappa shape index (κ3) is 4.17. The van der Waals surface area contributed by atoms with Crippen LogP contribution in [-0.2, 0) is 4.79 Å². The van der Waals surface area contributed by atoms with Crippen LogP contribution in [0.3, 0.4) is 0 Å². The SMILES string of the molecule is O=C(COc1ccc(Cl)c(F)c1)NC12CCC(NC(=O)c3cccs3)(CC1)CC2O. The molecule has 0 aliphatic heterocycles. The fourth-order valence-electron chi connectivity index (χ4n) is 4.40. The van der Waals surface area contributed by atoms with Crippen LogP contribution in [0.15, 0.2) is 35.7 Å². The van der Waals surface area contributed by atoms with Crippen molar-refractivity contribution in [1.29, 1.82) is 0 Å². The molecule has 1 unspecified atom stereocenters. The zero-order valence-corrected chi connectivity index (χ0v) is 17.7. The van der Waals surface area contributed by atoms with E-state index in [1.165, 1.54) is 23.5 Å². The molecule has 30 heavy (non-hydrogen) atoms. The largest absolute Gasteiger partial charge is 0.484 e. The van der Waals surface area contributed by atoms with Gasteiger partial charge in [-0.15, -0.1) is 11.3 Å². The molecule has 3 saturated carbocycles. The van der Waals surface area contributed by atoms with Gasteiger partial charge >= 0.3 is 0 Å². The number of hydrogen-bond acceptors (Lipinski definition) is 5. The molecular formula is C21H22ClFN2O4S. The topological polar surface area (TPSA) is 87.7 Å². The quantitative estimate of drug-likeness (QED) is 0.627. The summed E-state index contributed by atoms with van der Waals surface area (Å²) in [6, 6.07) is 7.57. The molecule has 9 heteroatoms. The fourth-order valence-corrected chi connectivity index (χ4v) is 5.14. The number of rotatable bonds is 6. The van der Waals surface area contributed by atoms with Crippen LogP contribution in [0, 0.1) is 5.82 Å². The molecule has 1 aromatic carbocycles. The highest BCUT2D eigenvalue weighted by Gasteiger charge is 2.55. The molecule has 1 aromatic heterocycles. The van der Waals surface area contributed by atoms with E-state index in [0.29, 0.717) is 37.0 Å². The molecule has 3 aliphatic carbocycles. The number of benzene rings is 1. The van der Waals surface area contributed by atoms with Gasteiger partial charge in [-0.2, -0.15) is 0 Å². The zero-order chi connectivity index (χ0) is 21.4. The van der Waals surface area contributed by atoms with Crippen LogP contribution < -0.4 is 15.4 Å². The third-order valence-electron chi connectivity index (χ3n) is 6.09. The number of hydrogen-bond donors (Lipinski definition) is 3. The van der Waals surface area contributed by atoms with Crippen molar-refractivity contribution < 1.29 is 23.8 Å². The number of carbonyl (C=O) groups is 2. The van der Waals surface area contributed by atoms with Gasteiger partial charge in [0.15, 0.2) is 6.61 Å². The molecule has 2 bridgehead atoms. The maximum Gasteiger partial charge on any atom is 0.261 e. The first-order chi connectivity index (χ1) is 14.3. The minimum atomic E-state index is -0.777. The standard InChI is InChI=1S/C21H22ClFN2O4S/c22-14-4-3-13(10-15(14)23)29-12-18(27)24-21-7-5-20(6-8-21,11-17(21)26)25-19(28)16-2-1-9-30-16/h1-4,9-10,17,26H,5-8,11-12H2,(H,24,27)(H,25,28). The van der Waals surface area contributed by atoms with Gasteiger partial charge in [0.05, 0.1) is 21.5 Å². The Balaban J connectivity index is 1.34. The lowest BCUT2D eigenvalue weighted by Crippen LogP contribution is -2.70. The molecule has 1 heterocycles. The highest BCUT2D eigenvalue weighted by atomic mass is 35.5. The summed E-state index contributed by atoms with van der Waals surface area (Å²) in [6.07, 6.45) is 2.06. The average Bonchev–Trinajstić information content (AvgIpc) is 3.25. The summed E-state index contributed by atoms with van der Waals surface area (Å²) in [5.41, 5.74) is -1.19. The number of nitrogens with one attached hydrogen (secondary N) is 2. The second-order valence-corrected chi connectivity index (χ2v) is 9.36. The summed E-state index contributed by atoms with van der Waals surface area (Å²) in [6.45, 7) is -0.296. The van der Waals surface area contributed by atoms with Gasteiger partial charge in [-0.3, -0.25) is 9.59 Å². The van der Waals surface area contributed by atoms with Crippen molar-refractivity contribution in [3.8, 4) is 5.75 Å². The molecule has 3 fully saturated rings. The number of ether oxygens (including phenoxy) is 1. The van der Waals surface area contributed by atoms with Gasteiger partial charge in [0.2, 0.25) is 0 Å². The highest BCUT2D eigenvalue weighted by Crippen LogP contribution is 2.47. The summed E-state index contributed by atoms with van der Waals surface area (Å²) in [5, 5.41) is 18.6. The van der Waals surface area contributed by atoms with E-state index in [1.807, 2.05) is 11.4 Å². The van der Waals surface area contributed by atoms with Gasteiger partial charge in [-0.25, -0.2) is 4.39 Å². The van der Waals surface area contributed by atoms with Crippen LogP contribution in [0.4, 0.5) is 4.39 Å². The number of aliphatic hydroxyl groups is 1. The molecule has 1 atom stereocenters. The number of fused-ring (bicyclic) bond motifs is 3. The predicted molar refractivity (Wildman–Crippen MR) is 111 cm³/mol. The number of aliphatic hydroxyl groups excluding tert-OH is 1. The molecule has 0 spiro atoms. The Labute approximate surface area is 182 Å². The highest BCUT2D eigenvalue weighted by molar-refractivity contribution is 7.12. The van der Waals surface area contributed by atoms with Gasteiger partial charge < -0.3 is 20.5 Å². The Kier molecular flexibility index (Phi) is 5.74. The van der Waals surface area contributed by atoms with Gasteiger partial charge in [-0.1, -0.05) is 17.7 Å². The van der Waals surface area contributed by atoms with Crippen molar-refractivity contribution >= 4 is 34.8 Å². The van der Waals surface area contributed by atoms with E-state index in [2.05, 4.69) is 10.6 Å². The normalized spacial score (nSPS) is 27.5. The summed E-state index contributed by atoms with van der Waals surface area (Å²) in [5.74, 6) is -0.933. The van der Waals surface area contributed by atoms with Gasteiger partial charge in [0.25, 0.3) is 11.8 Å².